The summed E-state index contributed by atoms with van der Waals surface area (Å²) in [6.45, 7) is 5.71. The van der Waals surface area contributed by atoms with Crippen LogP contribution in [0.2, 0.25) is 0 Å². The van der Waals surface area contributed by atoms with Crippen molar-refractivity contribution in [2.45, 2.75) is 52.1 Å². The van der Waals surface area contributed by atoms with Gasteiger partial charge in [-0.25, -0.2) is 0 Å². The predicted octanol–water partition coefficient (Wildman–Crippen LogP) is 1.90. The van der Waals surface area contributed by atoms with Crippen molar-refractivity contribution in [3.05, 3.63) is 0 Å². The molecule has 0 aliphatic heterocycles. The number of hydrogen-bond acceptors (Lipinski definition) is 5. The van der Waals surface area contributed by atoms with Crippen molar-refractivity contribution >= 4 is 23.7 Å². The second-order valence-corrected chi connectivity index (χ2v) is 5.46. The van der Waals surface area contributed by atoms with Gasteiger partial charge in [0, 0.05) is 5.75 Å². The number of ether oxygens (including phenoxy) is 1. The van der Waals surface area contributed by atoms with Gasteiger partial charge in [0.1, 0.15) is 12.1 Å². The number of carbonyl (C=O) groups excluding carboxylic acids is 1. The Morgan fingerprint density at radius 3 is 2.53 bits per heavy atom. The van der Waals surface area contributed by atoms with E-state index in [9.17, 15) is 9.59 Å². The molecule has 0 aromatic heterocycles. The molecule has 0 saturated carbocycles. The number of nitrogens with one attached hydrogen (secondary N) is 1. The van der Waals surface area contributed by atoms with Gasteiger partial charge in [0.25, 0.3) is 0 Å². The van der Waals surface area contributed by atoms with Crippen LogP contribution in [0.15, 0.2) is 0 Å². The fourth-order valence-corrected chi connectivity index (χ4v) is 2.50. The molecule has 0 radical (unpaired) electrons. The van der Waals surface area contributed by atoms with Gasteiger partial charge in [-0.3, -0.25) is 14.9 Å². The van der Waals surface area contributed by atoms with E-state index < -0.39 is 18.1 Å². The quantitative estimate of drug-likeness (QED) is 0.447. The van der Waals surface area contributed by atoms with Crippen molar-refractivity contribution in [2.24, 2.45) is 0 Å². The van der Waals surface area contributed by atoms with Crippen molar-refractivity contribution in [1.29, 1.82) is 0 Å². The number of carboxylic acid groups (broad SMARTS) is 1. The van der Waals surface area contributed by atoms with Crippen LogP contribution in [-0.2, 0) is 14.3 Å². The van der Waals surface area contributed by atoms with Gasteiger partial charge in [-0.2, -0.15) is 11.8 Å². The number of thioether (sulfide) groups is 1. The summed E-state index contributed by atoms with van der Waals surface area (Å²) in [7, 11) is 0. The van der Waals surface area contributed by atoms with Crippen molar-refractivity contribution < 1.29 is 19.4 Å². The minimum absolute atomic E-state index is 0.305. The Labute approximate surface area is 119 Å². The number of unbranched alkanes of at least 4 members (excludes halogenated alkanes) is 2. The topological polar surface area (TPSA) is 75.6 Å². The van der Waals surface area contributed by atoms with E-state index in [4.69, 9.17) is 9.84 Å². The van der Waals surface area contributed by atoms with Crippen LogP contribution >= 0.6 is 11.8 Å². The molecule has 0 aromatic carbocycles. The van der Waals surface area contributed by atoms with Gasteiger partial charge in [-0.15, -0.1) is 0 Å². The first-order chi connectivity index (χ1) is 9.02. The van der Waals surface area contributed by atoms with E-state index in [2.05, 4.69) is 12.2 Å². The minimum Gasteiger partial charge on any atom is -0.480 e. The number of esters is 1. The Kier molecular flexibility index (Phi) is 10.7. The molecule has 1 unspecified atom stereocenters. The van der Waals surface area contributed by atoms with Crippen LogP contribution in [0.5, 0.6) is 0 Å². The molecule has 2 atom stereocenters. The van der Waals surface area contributed by atoms with Gasteiger partial charge in [0.15, 0.2) is 0 Å². The van der Waals surface area contributed by atoms with E-state index >= 15 is 0 Å². The summed E-state index contributed by atoms with van der Waals surface area (Å²) in [6.07, 6.45) is 3.46. The van der Waals surface area contributed by atoms with Gasteiger partial charge < -0.3 is 9.84 Å². The summed E-state index contributed by atoms with van der Waals surface area (Å²) in [6, 6.07) is -1.32. The number of carbonyl (C=O) groups is 2. The molecular formula is C13H25NO4S. The smallest absolute Gasteiger partial charge is 0.324 e. The van der Waals surface area contributed by atoms with Crippen LogP contribution in [0.1, 0.15) is 40.0 Å². The summed E-state index contributed by atoms with van der Waals surface area (Å²) in [4.78, 5) is 22.5. The van der Waals surface area contributed by atoms with Gasteiger partial charge in [0.2, 0.25) is 0 Å². The van der Waals surface area contributed by atoms with Crippen LogP contribution in [0.3, 0.4) is 0 Å². The third-order valence-corrected chi connectivity index (χ3v) is 3.72. The molecular weight excluding hydrogens is 266 g/mol. The van der Waals surface area contributed by atoms with Crippen LogP contribution in [0.4, 0.5) is 0 Å². The van der Waals surface area contributed by atoms with Gasteiger partial charge >= 0.3 is 11.9 Å². The van der Waals surface area contributed by atoms with Crippen molar-refractivity contribution in [3.8, 4) is 0 Å². The predicted molar refractivity (Wildman–Crippen MR) is 77.5 cm³/mol. The van der Waals surface area contributed by atoms with Crippen LogP contribution < -0.4 is 5.32 Å². The van der Waals surface area contributed by atoms with E-state index in [0.29, 0.717) is 12.4 Å². The van der Waals surface area contributed by atoms with E-state index in [1.165, 1.54) is 13.3 Å². The zero-order valence-electron chi connectivity index (χ0n) is 12.0. The molecule has 6 heteroatoms. The lowest BCUT2D eigenvalue weighted by Crippen LogP contribution is -2.47. The lowest BCUT2D eigenvalue weighted by atomic mass is 10.2. The first kappa shape index (κ1) is 18.2. The lowest BCUT2D eigenvalue weighted by Gasteiger charge is -2.19. The molecule has 0 spiro atoms. The van der Waals surface area contributed by atoms with Crippen LogP contribution in [0.25, 0.3) is 0 Å². The first-order valence-corrected chi connectivity index (χ1v) is 7.91. The van der Waals surface area contributed by atoms with Gasteiger partial charge in [-0.1, -0.05) is 19.8 Å². The molecule has 0 aliphatic rings. The average molecular weight is 291 g/mol. The van der Waals surface area contributed by atoms with Crippen molar-refractivity contribution in [2.75, 3.05) is 18.1 Å². The Bertz CT molecular complexity index is 273. The van der Waals surface area contributed by atoms with Crippen molar-refractivity contribution in [1.82, 2.24) is 5.32 Å². The number of carboxylic acids is 1. The molecule has 0 fully saturated rings. The SMILES string of the molecule is CCCCCSCC(N[C@@H](C)C(=O)O)C(=O)OCC. The zero-order chi connectivity index (χ0) is 14.7. The fourth-order valence-electron chi connectivity index (χ4n) is 1.46. The van der Waals surface area contributed by atoms with Crippen LogP contribution in [-0.4, -0.2) is 47.2 Å². The van der Waals surface area contributed by atoms with Gasteiger partial charge in [-0.05, 0) is 26.0 Å². The zero-order valence-corrected chi connectivity index (χ0v) is 12.8. The van der Waals surface area contributed by atoms with E-state index in [0.717, 1.165) is 18.6 Å². The molecule has 0 saturated heterocycles. The monoisotopic (exact) mass is 291 g/mol. The molecule has 0 heterocycles. The highest BCUT2D eigenvalue weighted by molar-refractivity contribution is 7.99. The molecule has 0 amide bonds. The summed E-state index contributed by atoms with van der Waals surface area (Å²) < 4.78 is 4.96. The molecule has 0 bridgehead atoms. The number of hydrogen-bond donors (Lipinski definition) is 2. The second kappa shape index (κ2) is 11.1. The molecule has 19 heavy (non-hydrogen) atoms. The number of rotatable bonds is 11. The molecule has 0 aromatic rings. The van der Waals surface area contributed by atoms with E-state index in [-0.39, 0.29) is 5.97 Å². The highest BCUT2D eigenvalue weighted by atomic mass is 32.2. The summed E-state index contributed by atoms with van der Waals surface area (Å²) in [5.41, 5.74) is 0. The van der Waals surface area contributed by atoms with Crippen molar-refractivity contribution in [3.63, 3.8) is 0 Å². The molecule has 5 nitrogen and oxygen atoms in total. The minimum atomic E-state index is -0.967. The molecule has 0 rings (SSSR count). The summed E-state index contributed by atoms with van der Waals surface area (Å²) >= 11 is 1.65. The molecule has 2 N–H and O–H groups in total. The standard InChI is InChI=1S/C13H25NO4S/c1-4-6-7-8-19-9-11(13(17)18-5-2)14-10(3)12(15)16/h10-11,14H,4-9H2,1-3H3,(H,15,16)/t10-,11?/m0/s1. The highest BCUT2D eigenvalue weighted by Gasteiger charge is 2.24. The Morgan fingerprint density at radius 2 is 2.00 bits per heavy atom. The Morgan fingerprint density at radius 1 is 1.32 bits per heavy atom. The third kappa shape index (κ3) is 8.88. The maximum atomic E-state index is 11.7. The normalized spacial score (nSPS) is 13.8. The summed E-state index contributed by atoms with van der Waals surface area (Å²) in [5, 5.41) is 11.7. The molecule has 0 aliphatic carbocycles. The highest BCUT2D eigenvalue weighted by Crippen LogP contribution is 2.09. The fraction of sp³-hybridized carbons (Fsp3) is 0.846. The molecule has 112 valence electrons. The third-order valence-electron chi connectivity index (χ3n) is 2.57. The van der Waals surface area contributed by atoms with Crippen LogP contribution in [0, 0.1) is 0 Å². The largest absolute Gasteiger partial charge is 0.480 e. The summed E-state index contributed by atoms with van der Waals surface area (Å²) in [5.74, 6) is 0.177. The maximum Gasteiger partial charge on any atom is 0.324 e. The average Bonchev–Trinajstić information content (AvgIpc) is 2.37. The maximum absolute atomic E-state index is 11.7. The lowest BCUT2D eigenvalue weighted by molar-refractivity contribution is -0.146. The number of aliphatic carboxylic acids is 1. The first-order valence-electron chi connectivity index (χ1n) is 6.76. The van der Waals surface area contributed by atoms with Gasteiger partial charge in [0.05, 0.1) is 6.61 Å². The second-order valence-electron chi connectivity index (χ2n) is 4.31. The van der Waals surface area contributed by atoms with E-state index in [1.54, 1.807) is 18.7 Å². The Hall–Kier alpha value is -0.750. The Balaban J connectivity index is 4.18. The van der Waals surface area contributed by atoms with E-state index in [1.807, 2.05) is 0 Å².